The molecule has 0 aromatic rings. The third-order valence-corrected chi connectivity index (χ3v) is 3.08. The zero-order valence-electron chi connectivity index (χ0n) is 10.5. The average molecular weight is 255 g/mol. The number of nitrogens with one attached hydrogen (secondary N) is 2. The van der Waals surface area contributed by atoms with E-state index in [2.05, 4.69) is 10.6 Å². The van der Waals surface area contributed by atoms with Crippen LogP contribution in [0.1, 0.15) is 20.3 Å². The second-order valence-electron chi connectivity index (χ2n) is 5.13. The van der Waals surface area contributed by atoms with Crippen LogP contribution < -0.4 is 10.6 Å². The van der Waals surface area contributed by atoms with Crippen LogP contribution in [-0.4, -0.2) is 48.2 Å². The molecule has 0 aliphatic carbocycles. The molecule has 2 fully saturated rings. The van der Waals surface area contributed by atoms with Crippen molar-refractivity contribution in [1.29, 1.82) is 0 Å². The van der Waals surface area contributed by atoms with Gasteiger partial charge in [-0.1, -0.05) is 13.8 Å². The molecule has 2 N–H and O–H groups in total. The third kappa shape index (κ3) is 2.25. The van der Waals surface area contributed by atoms with Crippen molar-refractivity contribution in [1.82, 2.24) is 15.5 Å². The monoisotopic (exact) mass is 255 g/mol. The van der Waals surface area contributed by atoms with Crippen molar-refractivity contribution in [3.8, 4) is 0 Å². The van der Waals surface area contributed by atoms with Gasteiger partial charge in [0.15, 0.2) is 0 Å². The van der Waals surface area contributed by atoms with E-state index in [0.717, 1.165) is 0 Å². The van der Waals surface area contributed by atoms with E-state index in [9.17, 15) is 14.4 Å². The number of likely N-dealkylation sites (tertiary alicyclic amines) is 1. The van der Waals surface area contributed by atoms with Crippen LogP contribution in [0.15, 0.2) is 0 Å². The summed E-state index contributed by atoms with van der Waals surface area (Å²) in [5, 5.41) is 4.77. The minimum atomic E-state index is -0.964. The van der Waals surface area contributed by atoms with Crippen molar-refractivity contribution in [3.05, 3.63) is 0 Å². The number of rotatable bonds is 2. The van der Waals surface area contributed by atoms with Crippen molar-refractivity contribution < 1.29 is 19.1 Å². The van der Waals surface area contributed by atoms with Gasteiger partial charge >= 0.3 is 12.1 Å². The Morgan fingerprint density at radius 3 is 2.78 bits per heavy atom. The first-order valence-corrected chi connectivity index (χ1v) is 5.98. The van der Waals surface area contributed by atoms with Gasteiger partial charge in [0.25, 0.3) is 5.91 Å². The summed E-state index contributed by atoms with van der Waals surface area (Å²) < 4.78 is 5.09. The van der Waals surface area contributed by atoms with Gasteiger partial charge in [0, 0.05) is 6.54 Å². The highest BCUT2D eigenvalue weighted by Gasteiger charge is 2.51. The highest BCUT2D eigenvalue weighted by atomic mass is 16.6. The largest absolute Gasteiger partial charge is 0.449 e. The summed E-state index contributed by atoms with van der Waals surface area (Å²) in [7, 11) is 0. The first-order chi connectivity index (χ1) is 8.43. The predicted octanol–water partition coefficient (Wildman–Crippen LogP) is 0.0629. The summed E-state index contributed by atoms with van der Waals surface area (Å²) in [6.45, 7) is 4.82. The maximum atomic E-state index is 11.7. The standard InChI is InChI=1S/C11H17N3O4/c1-7(2)5-18-10(17)14-4-3-11(6-14)8(15)12-9(16)13-11/h7H,3-6H2,1-2H3,(H2,12,13,15,16). The molecule has 0 aromatic heterocycles. The Kier molecular flexibility index (Phi) is 3.14. The molecule has 1 spiro atoms. The fourth-order valence-electron chi connectivity index (χ4n) is 2.11. The van der Waals surface area contributed by atoms with Gasteiger partial charge in [-0.3, -0.25) is 10.1 Å². The highest BCUT2D eigenvalue weighted by Crippen LogP contribution is 2.25. The lowest BCUT2D eigenvalue weighted by Gasteiger charge is -2.21. The van der Waals surface area contributed by atoms with Crippen LogP contribution in [0.2, 0.25) is 0 Å². The summed E-state index contributed by atoms with van der Waals surface area (Å²) in [5.41, 5.74) is -0.964. The Bertz CT molecular complexity index is 396. The second kappa shape index (κ2) is 4.47. The van der Waals surface area contributed by atoms with E-state index < -0.39 is 17.7 Å². The van der Waals surface area contributed by atoms with Crippen LogP contribution >= 0.6 is 0 Å². The minimum Gasteiger partial charge on any atom is -0.449 e. The fourth-order valence-corrected chi connectivity index (χ4v) is 2.11. The minimum absolute atomic E-state index is 0.168. The molecular weight excluding hydrogens is 238 g/mol. The predicted molar refractivity (Wildman–Crippen MR) is 61.8 cm³/mol. The summed E-state index contributed by atoms with van der Waals surface area (Å²) in [6, 6.07) is -0.502. The maximum Gasteiger partial charge on any atom is 0.409 e. The molecule has 2 heterocycles. The number of imide groups is 1. The van der Waals surface area contributed by atoms with Gasteiger partial charge in [-0.05, 0) is 12.3 Å². The molecule has 18 heavy (non-hydrogen) atoms. The van der Waals surface area contributed by atoms with Crippen LogP contribution in [-0.2, 0) is 9.53 Å². The Labute approximate surface area is 105 Å². The molecule has 2 aliphatic heterocycles. The average Bonchev–Trinajstić information content (AvgIpc) is 2.81. The van der Waals surface area contributed by atoms with E-state index in [0.29, 0.717) is 19.6 Å². The molecular formula is C11H17N3O4. The smallest absolute Gasteiger partial charge is 0.409 e. The molecule has 0 saturated carbocycles. The summed E-state index contributed by atoms with van der Waals surface area (Å²) in [5.74, 6) is -0.105. The van der Waals surface area contributed by atoms with Gasteiger partial charge in [0.05, 0.1) is 13.2 Å². The lowest BCUT2D eigenvalue weighted by Crippen LogP contribution is -2.49. The van der Waals surface area contributed by atoms with E-state index in [1.807, 2.05) is 13.8 Å². The molecule has 7 heteroatoms. The first kappa shape index (κ1) is 12.7. The lowest BCUT2D eigenvalue weighted by atomic mass is 10.00. The molecule has 1 unspecified atom stereocenters. The molecule has 0 bridgehead atoms. The highest BCUT2D eigenvalue weighted by molar-refractivity contribution is 6.07. The molecule has 100 valence electrons. The van der Waals surface area contributed by atoms with Crippen molar-refractivity contribution in [2.24, 2.45) is 5.92 Å². The Balaban J connectivity index is 1.94. The van der Waals surface area contributed by atoms with E-state index in [1.165, 1.54) is 4.90 Å². The van der Waals surface area contributed by atoms with Crippen molar-refractivity contribution in [3.63, 3.8) is 0 Å². The first-order valence-electron chi connectivity index (χ1n) is 5.98. The summed E-state index contributed by atoms with van der Waals surface area (Å²) >= 11 is 0. The number of ether oxygens (including phenoxy) is 1. The van der Waals surface area contributed by atoms with Crippen LogP contribution in [0.4, 0.5) is 9.59 Å². The Morgan fingerprint density at radius 2 is 2.22 bits per heavy atom. The lowest BCUT2D eigenvalue weighted by molar-refractivity contribution is -0.123. The number of hydrogen-bond donors (Lipinski definition) is 2. The van der Waals surface area contributed by atoms with Crippen molar-refractivity contribution in [2.75, 3.05) is 19.7 Å². The van der Waals surface area contributed by atoms with Crippen LogP contribution in [0.25, 0.3) is 0 Å². The molecule has 1 atom stereocenters. The fraction of sp³-hybridized carbons (Fsp3) is 0.727. The molecule has 2 saturated heterocycles. The molecule has 4 amide bonds. The maximum absolute atomic E-state index is 11.7. The molecule has 7 nitrogen and oxygen atoms in total. The van der Waals surface area contributed by atoms with Crippen molar-refractivity contribution in [2.45, 2.75) is 25.8 Å². The zero-order chi connectivity index (χ0) is 13.3. The van der Waals surface area contributed by atoms with E-state index >= 15 is 0 Å². The number of hydrogen-bond acceptors (Lipinski definition) is 4. The van der Waals surface area contributed by atoms with Crippen LogP contribution in [0.5, 0.6) is 0 Å². The SMILES string of the molecule is CC(C)COC(=O)N1CCC2(C1)NC(=O)NC2=O. The third-order valence-electron chi connectivity index (χ3n) is 3.08. The summed E-state index contributed by atoms with van der Waals surface area (Å²) in [6.07, 6.45) is -0.0176. The number of carbonyl (C=O) groups is 3. The van der Waals surface area contributed by atoms with Gasteiger partial charge < -0.3 is 15.0 Å². The van der Waals surface area contributed by atoms with Gasteiger partial charge in [-0.15, -0.1) is 0 Å². The van der Waals surface area contributed by atoms with Gasteiger partial charge in [0.1, 0.15) is 5.54 Å². The quantitative estimate of drug-likeness (QED) is 0.683. The molecule has 2 rings (SSSR count). The molecule has 0 radical (unpaired) electrons. The van der Waals surface area contributed by atoms with Gasteiger partial charge in [-0.25, -0.2) is 9.59 Å². The number of nitrogens with zero attached hydrogens (tertiary/aromatic N) is 1. The normalized spacial score (nSPS) is 26.7. The summed E-state index contributed by atoms with van der Waals surface area (Å²) in [4.78, 5) is 36.0. The number of urea groups is 1. The van der Waals surface area contributed by atoms with E-state index in [1.54, 1.807) is 0 Å². The number of amides is 4. The van der Waals surface area contributed by atoms with E-state index in [4.69, 9.17) is 4.74 Å². The molecule has 2 aliphatic rings. The van der Waals surface area contributed by atoms with Crippen LogP contribution in [0.3, 0.4) is 0 Å². The Hall–Kier alpha value is -1.79. The van der Waals surface area contributed by atoms with Crippen LogP contribution in [0, 0.1) is 5.92 Å². The number of carbonyl (C=O) groups excluding carboxylic acids is 3. The van der Waals surface area contributed by atoms with Gasteiger partial charge in [-0.2, -0.15) is 0 Å². The zero-order valence-corrected chi connectivity index (χ0v) is 10.5. The second-order valence-corrected chi connectivity index (χ2v) is 5.13. The van der Waals surface area contributed by atoms with E-state index in [-0.39, 0.29) is 18.4 Å². The molecule has 0 aromatic carbocycles. The Morgan fingerprint density at radius 1 is 1.50 bits per heavy atom. The van der Waals surface area contributed by atoms with Gasteiger partial charge in [0.2, 0.25) is 0 Å². The van der Waals surface area contributed by atoms with Crippen molar-refractivity contribution >= 4 is 18.0 Å². The topological polar surface area (TPSA) is 87.7 Å².